The topological polar surface area (TPSA) is 68.2 Å². The minimum absolute atomic E-state index is 0.0173. The molecule has 0 spiro atoms. The summed E-state index contributed by atoms with van der Waals surface area (Å²) in [7, 11) is 3.23. The number of rotatable bonds is 6. The van der Waals surface area contributed by atoms with E-state index < -0.39 is 0 Å². The standard InChI is InChI=1S/C13H26O5/c1-8(2)12-13(17-4)10(6-15)9(5-14)11(18-12)7-16-3/h8-15H,5-7H2,1-4H3/t9-,10-,11?,12-,13?/m0/s1. The molecule has 0 radical (unpaired) electrons. The highest BCUT2D eigenvalue weighted by molar-refractivity contribution is 4.93. The van der Waals surface area contributed by atoms with E-state index in [-0.39, 0.29) is 49.3 Å². The SMILES string of the molecule is COCC1O[C@@H](C(C)C)C(OC)[C@@H](CO)[C@@H]1CO. The Kier molecular flexibility index (Phi) is 6.52. The molecule has 5 atom stereocenters. The third-order valence-corrected chi connectivity index (χ3v) is 3.79. The van der Waals surface area contributed by atoms with Crippen LogP contribution < -0.4 is 0 Å². The van der Waals surface area contributed by atoms with E-state index in [1.54, 1.807) is 14.2 Å². The molecule has 0 aromatic rings. The fourth-order valence-corrected chi connectivity index (χ4v) is 2.81. The van der Waals surface area contributed by atoms with Gasteiger partial charge < -0.3 is 24.4 Å². The van der Waals surface area contributed by atoms with Crippen molar-refractivity contribution in [3.8, 4) is 0 Å². The zero-order valence-corrected chi connectivity index (χ0v) is 11.7. The number of methoxy groups -OCH3 is 2. The lowest BCUT2D eigenvalue weighted by Gasteiger charge is -2.46. The summed E-state index contributed by atoms with van der Waals surface area (Å²) in [5.74, 6) is -0.000742. The summed E-state index contributed by atoms with van der Waals surface area (Å²) in [6.45, 7) is 4.49. The van der Waals surface area contributed by atoms with Crippen LogP contribution in [0, 0.1) is 17.8 Å². The van der Waals surface area contributed by atoms with Crippen LogP contribution in [0.5, 0.6) is 0 Å². The van der Waals surface area contributed by atoms with Crippen molar-refractivity contribution in [3.05, 3.63) is 0 Å². The Hall–Kier alpha value is -0.200. The van der Waals surface area contributed by atoms with E-state index in [0.717, 1.165) is 0 Å². The summed E-state index contributed by atoms with van der Waals surface area (Å²) < 4.78 is 16.6. The number of hydrogen-bond acceptors (Lipinski definition) is 5. The van der Waals surface area contributed by atoms with Crippen LogP contribution in [0.2, 0.25) is 0 Å². The van der Waals surface area contributed by atoms with Crippen molar-refractivity contribution >= 4 is 0 Å². The maximum atomic E-state index is 9.59. The first-order valence-electron chi connectivity index (χ1n) is 6.49. The van der Waals surface area contributed by atoms with Gasteiger partial charge in [-0.3, -0.25) is 0 Å². The molecule has 18 heavy (non-hydrogen) atoms. The molecule has 1 aliphatic rings. The quantitative estimate of drug-likeness (QED) is 0.720. The number of ether oxygens (including phenoxy) is 3. The van der Waals surface area contributed by atoms with Gasteiger partial charge in [0.05, 0.1) is 24.9 Å². The van der Waals surface area contributed by atoms with Crippen LogP contribution in [0.25, 0.3) is 0 Å². The van der Waals surface area contributed by atoms with Crippen LogP contribution >= 0.6 is 0 Å². The summed E-state index contributed by atoms with van der Waals surface area (Å²) in [4.78, 5) is 0. The minimum Gasteiger partial charge on any atom is -0.396 e. The smallest absolute Gasteiger partial charge is 0.0890 e. The second-order valence-electron chi connectivity index (χ2n) is 5.23. The van der Waals surface area contributed by atoms with E-state index in [1.807, 2.05) is 0 Å². The lowest BCUT2D eigenvalue weighted by atomic mass is 9.77. The highest BCUT2D eigenvalue weighted by Crippen LogP contribution is 2.35. The Morgan fingerprint density at radius 2 is 1.72 bits per heavy atom. The van der Waals surface area contributed by atoms with Crippen molar-refractivity contribution in [2.45, 2.75) is 32.2 Å². The minimum atomic E-state index is -0.198. The van der Waals surface area contributed by atoms with E-state index in [0.29, 0.717) is 6.61 Å². The molecule has 0 aliphatic carbocycles. The van der Waals surface area contributed by atoms with Crippen molar-refractivity contribution < 1.29 is 24.4 Å². The van der Waals surface area contributed by atoms with Crippen molar-refractivity contribution in [3.63, 3.8) is 0 Å². The molecule has 1 rings (SSSR count). The average molecular weight is 262 g/mol. The molecule has 108 valence electrons. The Morgan fingerprint density at radius 3 is 2.11 bits per heavy atom. The molecule has 5 heteroatoms. The summed E-state index contributed by atoms with van der Waals surface area (Å²) in [6.07, 6.45) is -0.480. The normalized spacial score (nSPS) is 37.2. The van der Waals surface area contributed by atoms with Crippen LogP contribution in [0.15, 0.2) is 0 Å². The average Bonchev–Trinajstić information content (AvgIpc) is 2.37. The highest BCUT2D eigenvalue weighted by atomic mass is 16.6. The van der Waals surface area contributed by atoms with Crippen LogP contribution in [0.4, 0.5) is 0 Å². The summed E-state index contributed by atoms with van der Waals surface area (Å²) >= 11 is 0. The zero-order chi connectivity index (χ0) is 13.7. The Balaban J connectivity index is 2.92. The van der Waals surface area contributed by atoms with Crippen LogP contribution in [0.3, 0.4) is 0 Å². The molecule has 0 bridgehead atoms. The van der Waals surface area contributed by atoms with Gasteiger partial charge in [0.25, 0.3) is 0 Å². The van der Waals surface area contributed by atoms with Gasteiger partial charge in [-0.2, -0.15) is 0 Å². The predicted molar refractivity (Wildman–Crippen MR) is 67.3 cm³/mol. The summed E-state index contributed by atoms with van der Waals surface area (Å²) in [5.41, 5.74) is 0. The summed E-state index contributed by atoms with van der Waals surface area (Å²) in [5, 5.41) is 19.1. The van der Waals surface area contributed by atoms with Crippen molar-refractivity contribution in [1.29, 1.82) is 0 Å². The van der Waals surface area contributed by atoms with E-state index in [9.17, 15) is 10.2 Å². The lowest BCUT2D eigenvalue weighted by molar-refractivity contribution is -0.220. The number of aliphatic hydroxyl groups is 2. The van der Waals surface area contributed by atoms with Crippen LogP contribution in [-0.4, -0.2) is 62.6 Å². The zero-order valence-electron chi connectivity index (χ0n) is 11.7. The Morgan fingerprint density at radius 1 is 1.11 bits per heavy atom. The third kappa shape index (κ3) is 3.22. The first kappa shape index (κ1) is 15.9. The molecular weight excluding hydrogens is 236 g/mol. The van der Waals surface area contributed by atoms with Crippen molar-refractivity contribution in [1.82, 2.24) is 0 Å². The van der Waals surface area contributed by atoms with Gasteiger partial charge in [-0.05, 0) is 5.92 Å². The molecule has 0 aromatic carbocycles. The monoisotopic (exact) mass is 262 g/mol. The maximum Gasteiger partial charge on any atom is 0.0890 e. The van der Waals surface area contributed by atoms with Gasteiger partial charge in [-0.25, -0.2) is 0 Å². The van der Waals surface area contributed by atoms with E-state index in [2.05, 4.69) is 13.8 Å². The first-order valence-corrected chi connectivity index (χ1v) is 6.49. The molecule has 0 aromatic heterocycles. The van der Waals surface area contributed by atoms with E-state index >= 15 is 0 Å². The molecule has 1 aliphatic heterocycles. The number of aliphatic hydroxyl groups excluding tert-OH is 2. The van der Waals surface area contributed by atoms with Crippen molar-refractivity contribution in [2.24, 2.45) is 17.8 Å². The van der Waals surface area contributed by atoms with Gasteiger partial charge in [0.2, 0.25) is 0 Å². The number of hydrogen-bond donors (Lipinski definition) is 2. The van der Waals surface area contributed by atoms with Gasteiger partial charge >= 0.3 is 0 Å². The molecule has 2 N–H and O–H groups in total. The summed E-state index contributed by atoms with van der Waals surface area (Å²) in [6, 6.07) is 0. The van der Waals surface area contributed by atoms with Gasteiger partial charge in [0, 0.05) is 39.3 Å². The molecule has 0 amide bonds. The first-order chi connectivity index (χ1) is 8.60. The van der Waals surface area contributed by atoms with Crippen LogP contribution in [-0.2, 0) is 14.2 Å². The largest absolute Gasteiger partial charge is 0.396 e. The molecule has 1 heterocycles. The van der Waals surface area contributed by atoms with Crippen molar-refractivity contribution in [2.75, 3.05) is 34.0 Å². The molecule has 2 unspecified atom stereocenters. The second kappa shape index (κ2) is 7.40. The van der Waals surface area contributed by atoms with Crippen LogP contribution in [0.1, 0.15) is 13.8 Å². The Labute approximate surface area is 109 Å². The molecule has 1 fully saturated rings. The molecular formula is C13H26O5. The fraction of sp³-hybridized carbons (Fsp3) is 1.00. The van der Waals surface area contributed by atoms with Gasteiger partial charge in [-0.1, -0.05) is 13.8 Å². The highest BCUT2D eigenvalue weighted by Gasteiger charge is 2.46. The second-order valence-corrected chi connectivity index (χ2v) is 5.23. The Bertz CT molecular complexity index is 233. The third-order valence-electron chi connectivity index (χ3n) is 3.79. The van der Waals surface area contributed by atoms with Gasteiger partial charge in [-0.15, -0.1) is 0 Å². The van der Waals surface area contributed by atoms with E-state index in [1.165, 1.54) is 0 Å². The van der Waals surface area contributed by atoms with Gasteiger partial charge in [0.1, 0.15) is 0 Å². The van der Waals surface area contributed by atoms with E-state index in [4.69, 9.17) is 14.2 Å². The fourth-order valence-electron chi connectivity index (χ4n) is 2.81. The lowest BCUT2D eigenvalue weighted by Crippen LogP contribution is -2.56. The van der Waals surface area contributed by atoms with Gasteiger partial charge in [0.15, 0.2) is 0 Å². The molecule has 1 saturated heterocycles. The molecule has 5 nitrogen and oxygen atoms in total. The molecule has 0 saturated carbocycles. The maximum absolute atomic E-state index is 9.59. The predicted octanol–water partition coefficient (Wildman–Crippen LogP) is 0.288.